The number of para-hydroxylation sites is 1. The monoisotopic (exact) mass is 372 g/mol. The number of nitrogens with zero attached hydrogens (tertiary/aromatic N) is 1. The minimum absolute atomic E-state index is 0.200. The molecule has 0 radical (unpaired) electrons. The number of alkyl halides is 3. The molecule has 0 saturated heterocycles. The number of pyridine rings is 1. The van der Waals surface area contributed by atoms with Gasteiger partial charge in [-0.3, -0.25) is 9.78 Å². The Balaban J connectivity index is 1.71. The summed E-state index contributed by atoms with van der Waals surface area (Å²) < 4.78 is 44.6. The Morgan fingerprint density at radius 3 is 2.59 bits per heavy atom. The predicted molar refractivity (Wildman–Crippen MR) is 93.4 cm³/mol. The maximum atomic E-state index is 13.1. The number of rotatable bonds is 5. The molecule has 0 atom stereocenters. The molecule has 4 nitrogen and oxygen atoms in total. The van der Waals surface area contributed by atoms with E-state index in [-0.39, 0.29) is 24.0 Å². The molecule has 2 aromatic carbocycles. The van der Waals surface area contributed by atoms with Crippen molar-refractivity contribution >= 4 is 5.91 Å². The summed E-state index contributed by atoms with van der Waals surface area (Å²) in [6.07, 6.45) is -1.49. The Kier molecular flexibility index (Phi) is 5.40. The summed E-state index contributed by atoms with van der Waals surface area (Å²) >= 11 is 0. The van der Waals surface area contributed by atoms with E-state index in [1.54, 1.807) is 42.6 Å². The van der Waals surface area contributed by atoms with Gasteiger partial charge < -0.3 is 10.1 Å². The molecule has 27 heavy (non-hydrogen) atoms. The summed E-state index contributed by atoms with van der Waals surface area (Å²) in [6, 6.07) is 14.8. The van der Waals surface area contributed by atoms with Crippen LogP contribution >= 0.6 is 0 Å². The van der Waals surface area contributed by atoms with E-state index < -0.39 is 11.7 Å². The van der Waals surface area contributed by atoms with Crippen LogP contribution in [0.2, 0.25) is 0 Å². The number of nitrogens with one attached hydrogen (secondary N) is 1. The van der Waals surface area contributed by atoms with Crippen molar-refractivity contribution < 1.29 is 22.7 Å². The number of amides is 1. The molecule has 7 heteroatoms. The second kappa shape index (κ2) is 7.90. The predicted octanol–water partition coefficient (Wildman–Crippen LogP) is 4.82. The fourth-order valence-electron chi connectivity index (χ4n) is 2.42. The number of carbonyl (C=O) groups is 1. The first-order valence-corrected chi connectivity index (χ1v) is 8.05. The first-order valence-electron chi connectivity index (χ1n) is 8.05. The molecule has 138 valence electrons. The van der Waals surface area contributed by atoms with Crippen LogP contribution in [0.4, 0.5) is 13.2 Å². The summed E-state index contributed by atoms with van der Waals surface area (Å²) in [6.45, 7) is 0.200. The Morgan fingerprint density at radius 2 is 1.85 bits per heavy atom. The van der Waals surface area contributed by atoms with Crippen molar-refractivity contribution in [2.24, 2.45) is 0 Å². The minimum Gasteiger partial charge on any atom is -0.457 e. The van der Waals surface area contributed by atoms with Crippen LogP contribution in [0.5, 0.6) is 11.5 Å². The Morgan fingerprint density at radius 1 is 1.04 bits per heavy atom. The molecule has 0 aliphatic heterocycles. The lowest BCUT2D eigenvalue weighted by Gasteiger charge is -2.14. The highest BCUT2D eigenvalue weighted by Gasteiger charge is 2.34. The Bertz CT molecular complexity index is 928. The molecule has 0 saturated carbocycles. The van der Waals surface area contributed by atoms with E-state index in [4.69, 9.17) is 4.74 Å². The highest BCUT2D eigenvalue weighted by atomic mass is 19.4. The third-order valence-electron chi connectivity index (χ3n) is 3.70. The van der Waals surface area contributed by atoms with E-state index in [0.29, 0.717) is 11.1 Å². The van der Waals surface area contributed by atoms with Crippen LogP contribution in [-0.4, -0.2) is 10.9 Å². The first kappa shape index (κ1) is 18.4. The van der Waals surface area contributed by atoms with Crippen LogP contribution in [-0.2, 0) is 12.7 Å². The van der Waals surface area contributed by atoms with Crippen LogP contribution < -0.4 is 10.1 Å². The van der Waals surface area contributed by atoms with Crippen molar-refractivity contribution in [3.63, 3.8) is 0 Å². The van der Waals surface area contributed by atoms with E-state index in [9.17, 15) is 18.0 Å². The van der Waals surface area contributed by atoms with Gasteiger partial charge in [-0.05, 0) is 42.0 Å². The third kappa shape index (κ3) is 4.84. The average molecular weight is 372 g/mol. The van der Waals surface area contributed by atoms with E-state index >= 15 is 0 Å². The quantitative estimate of drug-likeness (QED) is 0.698. The lowest BCUT2D eigenvalue weighted by atomic mass is 10.2. The second-order valence-electron chi connectivity index (χ2n) is 5.67. The van der Waals surface area contributed by atoms with Crippen molar-refractivity contribution in [3.8, 4) is 11.5 Å². The third-order valence-corrected chi connectivity index (χ3v) is 3.70. The highest BCUT2D eigenvalue weighted by molar-refractivity contribution is 5.93. The first-order chi connectivity index (χ1) is 12.9. The molecular formula is C20H15F3N2O2. The molecule has 1 N–H and O–H groups in total. The van der Waals surface area contributed by atoms with Gasteiger partial charge in [-0.25, -0.2) is 0 Å². The number of aromatic nitrogens is 1. The molecule has 3 rings (SSSR count). The van der Waals surface area contributed by atoms with Gasteiger partial charge in [0, 0.05) is 18.9 Å². The smallest absolute Gasteiger partial charge is 0.419 e. The normalized spacial score (nSPS) is 11.1. The zero-order chi connectivity index (χ0) is 19.3. The minimum atomic E-state index is -4.51. The summed E-state index contributed by atoms with van der Waals surface area (Å²) in [5, 5.41) is 2.73. The topological polar surface area (TPSA) is 51.2 Å². The average Bonchev–Trinajstić information content (AvgIpc) is 2.67. The van der Waals surface area contributed by atoms with Crippen LogP contribution in [0.1, 0.15) is 21.5 Å². The largest absolute Gasteiger partial charge is 0.457 e. The van der Waals surface area contributed by atoms with Crippen LogP contribution in [0.15, 0.2) is 73.1 Å². The van der Waals surface area contributed by atoms with E-state index in [1.165, 1.54) is 24.4 Å². The number of ether oxygens (including phenoxy) is 1. The molecule has 1 heterocycles. The van der Waals surface area contributed by atoms with Gasteiger partial charge in [0.25, 0.3) is 5.91 Å². The van der Waals surface area contributed by atoms with E-state index in [1.807, 2.05) is 0 Å². The van der Waals surface area contributed by atoms with Gasteiger partial charge in [0.1, 0.15) is 11.5 Å². The fraction of sp³-hybridized carbons (Fsp3) is 0.100. The van der Waals surface area contributed by atoms with Crippen LogP contribution in [0, 0.1) is 0 Å². The Labute approximate surface area is 153 Å². The molecule has 1 amide bonds. The highest BCUT2D eigenvalue weighted by Crippen LogP contribution is 2.37. The van der Waals surface area contributed by atoms with Gasteiger partial charge in [-0.2, -0.15) is 13.2 Å². The molecule has 1 aromatic heterocycles. The molecule has 0 fully saturated rings. The van der Waals surface area contributed by atoms with Gasteiger partial charge >= 0.3 is 6.18 Å². The number of halogens is 3. The zero-order valence-electron chi connectivity index (χ0n) is 14.0. The number of carbonyl (C=O) groups excluding carboxylic acids is 1. The van der Waals surface area contributed by atoms with Gasteiger partial charge in [0.15, 0.2) is 0 Å². The lowest BCUT2D eigenvalue weighted by Crippen LogP contribution is -2.22. The van der Waals surface area contributed by atoms with Crippen LogP contribution in [0.3, 0.4) is 0 Å². The molecule has 0 aliphatic carbocycles. The van der Waals surface area contributed by atoms with Crippen molar-refractivity contribution in [3.05, 3.63) is 89.7 Å². The van der Waals surface area contributed by atoms with E-state index in [2.05, 4.69) is 10.3 Å². The van der Waals surface area contributed by atoms with Gasteiger partial charge in [0.2, 0.25) is 0 Å². The molecule has 0 aliphatic rings. The number of hydrogen-bond donors (Lipinski definition) is 1. The number of hydrogen-bond acceptors (Lipinski definition) is 3. The summed E-state index contributed by atoms with van der Waals surface area (Å²) in [7, 11) is 0. The SMILES string of the molecule is O=C(NCc1cccc(Oc2ccccc2C(F)(F)F)c1)c1cccnc1. The van der Waals surface area contributed by atoms with Crippen LogP contribution in [0.25, 0.3) is 0 Å². The standard InChI is InChI=1S/C20H15F3N2O2/c21-20(22,23)17-8-1-2-9-18(17)27-16-7-3-5-14(11-16)12-25-19(26)15-6-4-10-24-13-15/h1-11,13H,12H2,(H,25,26). The maximum absolute atomic E-state index is 13.1. The van der Waals surface area contributed by atoms with E-state index in [0.717, 1.165) is 6.07 Å². The summed E-state index contributed by atoms with van der Waals surface area (Å²) in [5.41, 5.74) is 0.263. The Hall–Kier alpha value is -3.35. The second-order valence-corrected chi connectivity index (χ2v) is 5.67. The lowest BCUT2D eigenvalue weighted by molar-refractivity contribution is -0.138. The molecule has 3 aromatic rings. The van der Waals surface area contributed by atoms with Gasteiger partial charge in [-0.1, -0.05) is 24.3 Å². The maximum Gasteiger partial charge on any atom is 0.419 e. The van der Waals surface area contributed by atoms with Gasteiger partial charge in [-0.15, -0.1) is 0 Å². The molecular weight excluding hydrogens is 357 g/mol. The van der Waals surface area contributed by atoms with Crippen molar-refractivity contribution in [2.75, 3.05) is 0 Å². The summed E-state index contributed by atoms with van der Waals surface area (Å²) in [5.74, 6) is -0.321. The van der Waals surface area contributed by atoms with Crippen molar-refractivity contribution in [1.29, 1.82) is 0 Å². The number of benzene rings is 2. The van der Waals surface area contributed by atoms with Crippen molar-refractivity contribution in [2.45, 2.75) is 12.7 Å². The van der Waals surface area contributed by atoms with Gasteiger partial charge in [0.05, 0.1) is 11.1 Å². The summed E-state index contributed by atoms with van der Waals surface area (Å²) in [4.78, 5) is 15.9. The molecule has 0 unspecified atom stereocenters. The fourth-order valence-corrected chi connectivity index (χ4v) is 2.42. The molecule has 0 spiro atoms. The zero-order valence-corrected chi connectivity index (χ0v) is 14.0. The van der Waals surface area contributed by atoms with Crippen molar-refractivity contribution in [1.82, 2.24) is 10.3 Å². The molecule has 0 bridgehead atoms.